The first kappa shape index (κ1) is 14.2. The molecule has 1 aromatic heterocycles. The lowest BCUT2D eigenvalue weighted by atomic mass is 10.1. The highest BCUT2D eigenvalue weighted by Crippen LogP contribution is 2.28. The molecule has 2 N–H and O–H groups in total. The summed E-state index contributed by atoms with van der Waals surface area (Å²) in [7, 11) is 0. The van der Waals surface area contributed by atoms with E-state index in [0.717, 1.165) is 5.56 Å². The molecule has 0 fully saturated rings. The molecule has 2 rings (SSSR count). The Hall–Kier alpha value is -1.23. The van der Waals surface area contributed by atoms with E-state index in [1.54, 1.807) is 12.1 Å². The molecule has 0 aliphatic rings. The van der Waals surface area contributed by atoms with Crippen LogP contribution in [0.25, 0.3) is 0 Å². The summed E-state index contributed by atoms with van der Waals surface area (Å²) in [6, 6.07) is 5.04. The SMILES string of the molecule is CC(Nc1nc[nH]c(=O)c1Cl)c1ccc(Cl)cc1Cl. The number of nitrogens with one attached hydrogen (secondary N) is 2. The largest absolute Gasteiger partial charge is 0.362 e. The minimum atomic E-state index is -0.395. The van der Waals surface area contributed by atoms with Crippen molar-refractivity contribution in [2.75, 3.05) is 5.32 Å². The Labute approximate surface area is 124 Å². The van der Waals surface area contributed by atoms with Crippen molar-refractivity contribution in [2.24, 2.45) is 0 Å². The zero-order valence-electron chi connectivity index (χ0n) is 9.88. The van der Waals surface area contributed by atoms with Gasteiger partial charge < -0.3 is 10.3 Å². The van der Waals surface area contributed by atoms with E-state index in [1.807, 2.05) is 13.0 Å². The van der Waals surface area contributed by atoms with Crippen LogP contribution in [-0.4, -0.2) is 9.97 Å². The van der Waals surface area contributed by atoms with Gasteiger partial charge in [0, 0.05) is 10.0 Å². The first-order valence-corrected chi connectivity index (χ1v) is 6.57. The van der Waals surface area contributed by atoms with Gasteiger partial charge in [-0.2, -0.15) is 0 Å². The number of H-pyrrole nitrogens is 1. The molecule has 100 valence electrons. The number of aromatic nitrogens is 2. The van der Waals surface area contributed by atoms with E-state index in [0.29, 0.717) is 15.9 Å². The van der Waals surface area contributed by atoms with Crippen LogP contribution in [0.1, 0.15) is 18.5 Å². The maximum Gasteiger partial charge on any atom is 0.271 e. The number of nitrogens with zero attached hydrogens (tertiary/aromatic N) is 1. The van der Waals surface area contributed by atoms with E-state index in [1.165, 1.54) is 6.33 Å². The predicted molar refractivity (Wildman–Crippen MR) is 78.4 cm³/mol. The van der Waals surface area contributed by atoms with Crippen molar-refractivity contribution >= 4 is 40.6 Å². The summed E-state index contributed by atoms with van der Waals surface area (Å²) in [5.41, 5.74) is 0.442. The third-order valence-electron chi connectivity index (χ3n) is 2.58. The number of benzene rings is 1. The average molecular weight is 319 g/mol. The van der Waals surface area contributed by atoms with Crippen LogP contribution in [0, 0.1) is 0 Å². The molecule has 0 spiro atoms. The summed E-state index contributed by atoms with van der Waals surface area (Å²) < 4.78 is 0. The summed E-state index contributed by atoms with van der Waals surface area (Å²) in [6.07, 6.45) is 1.28. The zero-order chi connectivity index (χ0) is 14.0. The summed E-state index contributed by atoms with van der Waals surface area (Å²) >= 11 is 17.8. The van der Waals surface area contributed by atoms with Crippen molar-refractivity contribution in [3.05, 3.63) is 55.5 Å². The van der Waals surface area contributed by atoms with Crippen molar-refractivity contribution in [1.29, 1.82) is 0 Å². The standard InChI is InChI=1S/C12H10Cl3N3O/c1-6(8-3-2-7(13)4-9(8)14)18-11-10(15)12(19)17-5-16-11/h2-6H,1H3,(H2,16,17,18,19). The van der Waals surface area contributed by atoms with E-state index in [2.05, 4.69) is 15.3 Å². The Bertz CT molecular complexity index is 657. The van der Waals surface area contributed by atoms with Crippen molar-refractivity contribution in [2.45, 2.75) is 13.0 Å². The minimum Gasteiger partial charge on any atom is -0.362 e. The van der Waals surface area contributed by atoms with Gasteiger partial charge in [-0.05, 0) is 24.6 Å². The maximum atomic E-state index is 11.4. The molecule has 0 aliphatic carbocycles. The van der Waals surface area contributed by atoms with Crippen LogP contribution in [0.15, 0.2) is 29.3 Å². The van der Waals surface area contributed by atoms with Gasteiger partial charge in [0.2, 0.25) is 0 Å². The molecule has 0 bridgehead atoms. The molecule has 0 aliphatic heterocycles. The van der Waals surface area contributed by atoms with Gasteiger partial charge >= 0.3 is 0 Å². The Morgan fingerprint density at radius 3 is 2.74 bits per heavy atom. The normalized spacial score (nSPS) is 12.2. The minimum absolute atomic E-state index is 0.0134. The van der Waals surface area contributed by atoms with Gasteiger partial charge in [0.05, 0.1) is 12.4 Å². The van der Waals surface area contributed by atoms with Crippen LogP contribution in [0.2, 0.25) is 15.1 Å². The van der Waals surface area contributed by atoms with Crippen LogP contribution < -0.4 is 10.9 Å². The Balaban J connectivity index is 2.28. The third-order valence-corrected chi connectivity index (χ3v) is 3.49. The number of aromatic amines is 1. The molecule has 0 amide bonds. The highest BCUT2D eigenvalue weighted by atomic mass is 35.5. The van der Waals surface area contributed by atoms with Crippen molar-refractivity contribution in [3.63, 3.8) is 0 Å². The zero-order valence-corrected chi connectivity index (χ0v) is 12.1. The monoisotopic (exact) mass is 317 g/mol. The molecule has 4 nitrogen and oxygen atoms in total. The van der Waals surface area contributed by atoms with Gasteiger partial charge in [-0.3, -0.25) is 4.79 Å². The first-order valence-electron chi connectivity index (χ1n) is 5.43. The van der Waals surface area contributed by atoms with Crippen molar-refractivity contribution in [1.82, 2.24) is 9.97 Å². The van der Waals surface area contributed by atoms with Crippen molar-refractivity contribution in [3.8, 4) is 0 Å². The molecule has 7 heteroatoms. The molecule has 2 aromatic rings. The number of anilines is 1. The Kier molecular flexibility index (Phi) is 4.34. The lowest BCUT2D eigenvalue weighted by Crippen LogP contribution is -2.14. The molecule has 0 saturated heterocycles. The number of hydrogen-bond donors (Lipinski definition) is 2. The number of hydrogen-bond acceptors (Lipinski definition) is 3. The van der Waals surface area contributed by atoms with Gasteiger partial charge in [0.25, 0.3) is 5.56 Å². The molecule has 1 atom stereocenters. The quantitative estimate of drug-likeness (QED) is 0.902. The Morgan fingerprint density at radius 1 is 1.32 bits per heavy atom. The van der Waals surface area contributed by atoms with E-state index < -0.39 is 5.56 Å². The van der Waals surface area contributed by atoms with Gasteiger partial charge in [0.1, 0.15) is 5.02 Å². The molecular weight excluding hydrogens is 309 g/mol. The lowest BCUT2D eigenvalue weighted by Gasteiger charge is -2.16. The molecule has 1 heterocycles. The summed E-state index contributed by atoms with van der Waals surface area (Å²) in [6.45, 7) is 1.88. The lowest BCUT2D eigenvalue weighted by molar-refractivity contribution is 0.870. The van der Waals surface area contributed by atoms with Crippen molar-refractivity contribution < 1.29 is 0 Å². The van der Waals surface area contributed by atoms with E-state index in [9.17, 15) is 4.79 Å². The number of rotatable bonds is 3. The fourth-order valence-electron chi connectivity index (χ4n) is 1.62. The highest BCUT2D eigenvalue weighted by molar-refractivity contribution is 6.35. The molecule has 0 saturated carbocycles. The topological polar surface area (TPSA) is 57.8 Å². The second-order valence-electron chi connectivity index (χ2n) is 3.93. The summed E-state index contributed by atoms with van der Waals surface area (Å²) in [5, 5.41) is 4.15. The first-order chi connectivity index (χ1) is 8.99. The average Bonchev–Trinajstić information content (AvgIpc) is 2.34. The molecule has 0 radical (unpaired) electrons. The van der Waals surface area contributed by atoms with Crippen LogP contribution in [0.4, 0.5) is 5.82 Å². The van der Waals surface area contributed by atoms with Gasteiger partial charge in [-0.1, -0.05) is 40.9 Å². The second-order valence-corrected chi connectivity index (χ2v) is 5.15. The third kappa shape index (κ3) is 3.21. The maximum absolute atomic E-state index is 11.4. The molecular formula is C12H10Cl3N3O. The second kappa shape index (κ2) is 5.82. The van der Waals surface area contributed by atoms with E-state index in [4.69, 9.17) is 34.8 Å². The molecule has 19 heavy (non-hydrogen) atoms. The molecule has 1 unspecified atom stereocenters. The van der Waals surface area contributed by atoms with Gasteiger partial charge in [-0.25, -0.2) is 4.98 Å². The summed E-state index contributed by atoms with van der Waals surface area (Å²) in [4.78, 5) is 17.7. The van der Waals surface area contributed by atoms with Crippen LogP contribution >= 0.6 is 34.8 Å². The smallest absolute Gasteiger partial charge is 0.271 e. The van der Waals surface area contributed by atoms with Crippen LogP contribution in [-0.2, 0) is 0 Å². The van der Waals surface area contributed by atoms with Crippen LogP contribution in [0.3, 0.4) is 0 Å². The number of halogens is 3. The predicted octanol–water partition coefficient (Wildman–Crippen LogP) is 3.90. The highest BCUT2D eigenvalue weighted by Gasteiger charge is 2.13. The van der Waals surface area contributed by atoms with Gasteiger partial charge in [0.15, 0.2) is 5.82 Å². The van der Waals surface area contributed by atoms with Crippen LogP contribution in [0.5, 0.6) is 0 Å². The van der Waals surface area contributed by atoms with E-state index >= 15 is 0 Å². The molecule has 1 aromatic carbocycles. The fourth-order valence-corrected chi connectivity index (χ4v) is 2.35. The summed E-state index contributed by atoms with van der Waals surface area (Å²) in [5.74, 6) is 0.309. The Morgan fingerprint density at radius 2 is 2.05 bits per heavy atom. The van der Waals surface area contributed by atoms with E-state index in [-0.39, 0.29) is 11.1 Å². The fraction of sp³-hybridized carbons (Fsp3) is 0.167. The van der Waals surface area contributed by atoms with Gasteiger partial charge in [-0.15, -0.1) is 0 Å².